The van der Waals surface area contributed by atoms with Gasteiger partial charge in [-0.1, -0.05) is 35.3 Å². The number of piperidine rings is 1. The highest BCUT2D eigenvalue weighted by Crippen LogP contribution is 2.30. The number of rotatable bonds is 3. The first-order chi connectivity index (χ1) is 12.6. The minimum absolute atomic E-state index is 0.464. The summed E-state index contributed by atoms with van der Waals surface area (Å²) in [7, 11) is 2.15. The molecule has 0 N–H and O–H groups in total. The average molecular weight is 391 g/mol. The minimum Gasteiger partial charge on any atom is -0.302 e. The predicted molar refractivity (Wildman–Crippen MR) is 106 cm³/mol. The van der Waals surface area contributed by atoms with Crippen LogP contribution in [0.25, 0.3) is 0 Å². The number of aromatic nitrogens is 2. The van der Waals surface area contributed by atoms with Crippen molar-refractivity contribution in [3.8, 4) is 0 Å². The number of hydrogen-bond acceptors (Lipinski definition) is 4. The molecule has 6 heteroatoms. The van der Waals surface area contributed by atoms with Crippen molar-refractivity contribution >= 4 is 23.2 Å². The lowest BCUT2D eigenvalue weighted by atomic mass is 9.95. The van der Waals surface area contributed by atoms with Crippen molar-refractivity contribution < 1.29 is 0 Å². The molecule has 0 atom stereocenters. The molecule has 2 aromatic rings. The second-order valence-corrected chi connectivity index (χ2v) is 8.24. The molecule has 3 heterocycles. The summed E-state index contributed by atoms with van der Waals surface area (Å²) in [6, 6.07) is 5.86. The highest BCUT2D eigenvalue weighted by molar-refractivity contribution is 6.42. The Morgan fingerprint density at radius 3 is 2.77 bits per heavy atom. The normalized spacial score (nSPS) is 19.5. The van der Waals surface area contributed by atoms with Crippen LogP contribution in [0.1, 0.15) is 41.4 Å². The number of likely N-dealkylation sites (N-methyl/N-ethyl adjacent to an activating group) is 1. The Bertz CT molecular complexity index is 787. The number of likely N-dealkylation sites (tertiary alicyclic amines) is 1. The minimum atomic E-state index is 0.464. The quantitative estimate of drug-likeness (QED) is 0.787. The zero-order valence-corrected chi connectivity index (χ0v) is 16.6. The van der Waals surface area contributed by atoms with E-state index in [0.717, 1.165) is 63.4 Å². The van der Waals surface area contributed by atoms with Gasteiger partial charge >= 0.3 is 0 Å². The Labute approximate surface area is 165 Å². The summed E-state index contributed by atoms with van der Waals surface area (Å²) < 4.78 is 0. The van der Waals surface area contributed by atoms with Gasteiger partial charge in [0, 0.05) is 49.4 Å². The maximum absolute atomic E-state index is 6.33. The summed E-state index contributed by atoms with van der Waals surface area (Å²) >= 11 is 12.5. The topological polar surface area (TPSA) is 32.3 Å². The third-order valence-corrected chi connectivity index (χ3v) is 6.38. The van der Waals surface area contributed by atoms with Gasteiger partial charge in [-0.15, -0.1) is 0 Å². The summed E-state index contributed by atoms with van der Waals surface area (Å²) in [5, 5.41) is 1.31. The molecule has 0 unspecified atom stereocenters. The van der Waals surface area contributed by atoms with Gasteiger partial charge in [0.1, 0.15) is 5.82 Å². The van der Waals surface area contributed by atoms with E-state index in [4.69, 9.17) is 33.2 Å². The number of benzene rings is 1. The lowest BCUT2D eigenvalue weighted by Crippen LogP contribution is -2.33. The number of fused-ring (bicyclic) bond motifs is 1. The van der Waals surface area contributed by atoms with Gasteiger partial charge in [0.2, 0.25) is 0 Å². The number of nitrogens with zero attached hydrogens (tertiary/aromatic N) is 4. The van der Waals surface area contributed by atoms with E-state index in [1.165, 1.54) is 11.3 Å². The summed E-state index contributed by atoms with van der Waals surface area (Å²) in [6.07, 6.45) is 5.27. The zero-order valence-electron chi connectivity index (χ0n) is 15.1. The molecule has 0 spiro atoms. The maximum Gasteiger partial charge on any atom is 0.131 e. The molecule has 0 aliphatic carbocycles. The van der Waals surface area contributed by atoms with Crippen molar-refractivity contribution in [2.75, 3.05) is 26.7 Å². The molecule has 138 valence electrons. The molecule has 2 aliphatic heterocycles. The fourth-order valence-corrected chi connectivity index (χ4v) is 4.31. The molecule has 0 saturated carbocycles. The first kappa shape index (κ1) is 18.2. The van der Waals surface area contributed by atoms with E-state index in [2.05, 4.69) is 22.9 Å². The van der Waals surface area contributed by atoms with Crippen molar-refractivity contribution in [3.63, 3.8) is 0 Å². The van der Waals surface area contributed by atoms with E-state index in [0.29, 0.717) is 16.0 Å². The Kier molecular flexibility index (Phi) is 5.46. The van der Waals surface area contributed by atoms with Crippen molar-refractivity contribution in [3.05, 3.63) is 57.1 Å². The highest BCUT2D eigenvalue weighted by Gasteiger charge is 2.25. The monoisotopic (exact) mass is 390 g/mol. The van der Waals surface area contributed by atoms with E-state index in [9.17, 15) is 0 Å². The van der Waals surface area contributed by atoms with Crippen LogP contribution in [0.15, 0.2) is 24.4 Å². The van der Waals surface area contributed by atoms with E-state index < -0.39 is 0 Å². The SMILES string of the molecule is CN1CCc2nc(C3CCN(Cc4cccc(Cl)c4Cl)CC3)ncc2C1. The van der Waals surface area contributed by atoms with Gasteiger partial charge in [-0.3, -0.25) is 4.90 Å². The van der Waals surface area contributed by atoms with Gasteiger partial charge in [-0.25, -0.2) is 9.97 Å². The van der Waals surface area contributed by atoms with Crippen molar-refractivity contribution in [2.24, 2.45) is 0 Å². The van der Waals surface area contributed by atoms with Crippen molar-refractivity contribution in [1.29, 1.82) is 0 Å². The maximum atomic E-state index is 6.33. The van der Waals surface area contributed by atoms with Crippen LogP contribution in [0.5, 0.6) is 0 Å². The van der Waals surface area contributed by atoms with Crippen molar-refractivity contribution in [2.45, 2.75) is 38.3 Å². The third-order valence-electron chi connectivity index (χ3n) is 5.52. The molecule has 2 aliphatic rings. The Hall–Kier alpha value is -1.20. The van der Waals surface area contributed by atoms with Gasteiger partial charge in [0.05, 0.1) is 10.0 Å². The van der Waals surface area contributed by atoms with E-state index in [-0.39, 0.29) is 0 Å². The molecule has 1 aromatic carbocycles. The molecule has 1 aromatic heterocycles. The van der Waals surface area contributed by atoms with Gasteiger partial charge in [0.15, 0.2) is 0 Å². The van der Waals surface area contributed by atoms with Gasteiger partial charge in [-0.2, -0.15) is 0 Å². The number of halogens is 2. The molecule has 4 nitrogen and oxygen atoms in total. The van der Waals surface area contributed by atoms with E-state index >= 15 is 0 Å². The molecule has 1 saturated heterocycles. The predicted octanol–water partition coefficient (Wildman–Crippen LogP) is 4.15. The van der Waals surface area contributed by atoms with Gasteiger partial charge < -0.3 is 4.90 Å². The van der Waals surface area contributed by atoms with Crippen LogP contribution in [-0.2, 0) is 19.5 Å². The third kappa shape index (κ3) is 3.89. The lowest BCUT2D eigenvalue weighted by Gasteiger charge is -2.32. The fraction of sp³-hybridized carbons (Fsp3) is 0.500. The summed E-state index contributed by atoms with van der Waals surface area (Å²) in [4.78, 5) is 14.4. The van der Waals surface area contributed by atoms with E-state index in [1.54, 1.807) is 0 Å². The molecular formula is C20H24Cl2N4. The summed E-state index contributed by atoms with van der Waals surface area (Å²) in [6.45, 7) is 4.98. The van der Waals surface area contributed by atoms with Crippen LogP contribution in [0.4, 0.5) is 0 Å². The fourth-order valence-electron chi connectivity index (χ4n) is 3.93. The number of hydrogen-bond donors (Lipinski definition) is 0. The van der Waals surface area contributed by atoms with Crippen LogP contribution in [0, 0.1) is 0 Å². The van der Waals surface area contributed by atoms with Crippen LogP contribution in [0.2, 0.25) is 10.0 Å². The largest absolute Gasteiger partial charge is 0.302 e. The molecule has 0 radical (unpaired) electrons. The molecule has 26 heavy (non-hydrogen) atoms. The highest BCUT2D eigenvalue weighted by atomic mass is 35.5. The molecular weight excluding hydrogens is 367 g/mol. The van der Waals surface area contributed by atoms with Gasteiger partial charge in [-0.05, 0) is 44.6 Å². The summed E-state index contributed by atoms with van der Waals surface area (Å²) in [5.41, 5.74) is 3.64. The molecule has 0 amide bonds. The molecule has 1 fully saturated rings. The Balaban J connectivity index is 1.38. The first-order valence-electron chi connectivity index (χ1n) is 9.28. The van der Waals surface area contributed by atoms with E-state index in [1.807, 2.05) is 18.3 Å². The van der Waals surface area contributed by atoms with Crippen LogP contribution in [-0.4, -0.2) is 46.4 Å². The van der Waals surface area contributed by atoms with Crippen molar-refractivity contribution in [1.82, 2.24) is 19.8 Å². The first-order valence-corrected chi connectivity index (χ1v) is 10.0. The van der Waals surface area contributed by atoms with Gasteiger partial charge in [0.25, 0.3) is 0 Å². The Morgan fingerprint density at radius 1 is 1.15 bits per heavy atom. The standard InChI is InChI=1S/C20H24Cl2N4/c1-25-8-7-18-16(12-25)11-23-20(24-18)14-5-9-26(10-6-14)13-15-3-2-4-17(21)19(15)22/h2-4,11,14H,5-10,12-13H2,1H3. The Morgan fingerprint density at radius 2 is 1.96 bits per heavy atom. The smallest absolute Gasteiger partial charge is 0.131 e. The molecule has 4 rings (SSSR count). The molecule has 0 bridgehead atoms. The van der Waals surface area contributed by atoms with Crippen LogP contribution >= 0.6 is 23.2 Å². The average Bonchev–Trinajstić information content (AvgIpc) is 2.66. The lowest BCUT2D eigenvalue weighted by molar-refractivity contribution is 0.201. The summed E-state index contributed by atoms with van der Waals surface area (Å²) in [5.74, 6) is 1.50. The van der Waals surface area contributed by atoms with Crippen LogP contribution < -0.4 is 0 Å². The second-order valence-electron chi connectivity index (χ2n) is 7.45. The van der Waals surface area contributed by atoms with Crippen LogP contribution in [0.3, 0.4) is 0 Å². The zero-order chi connectivity index (χ0) is 18.1. The second kappa shape index (κ2) is 7.81.